The van der Waals surface area contributed by atoms with Gasteiger partial charge in [-0.05, 0) is 69.8 Å². The molecule has 0 aliphatic carbocycles. The van der Waals surface area contributed by atoms with Gasteiger partial charge in [-0.2, -0.15) is 13.2 Å². The fourth-order valence-electron chi connectivity index (χ4n) is 4.25. The van der Waals surface area contributed by atoms with Gasteiger partial charge in [-0.15, -0.1) is 0 Å². The van der Waals surface area contributed by atoms with Crippen molar-refractivity contribution >= 4 is 0 Å². The molecule has 188 valence electrons. The molecule has 0 radical (unpaired) electrons. The van der Waals surface area contributed by atoms with Crippen molar-refractivity contribution in [3.05, 3.63) is 65.2 Å². The van der Waals surface area contributed by atoms with Crippen molar-refractivity contribution in [2.24, 2.45) is 0 Å². The Hall–Kier alpha value is -2.09. The molecule has 1 unspecified atom stereocenters. The number of hydrogen-bond donors (Lipinski definition) is 0. The molecule has 1 fully saturated rings. The minimum atomic E-state index is -4.34. The molecule has 1 atom stereocenters. The van der Waals surface area contributed by atoms with Crippen molar-refractivity contribution in [1.82, 2.24) is 14.7 Å². The Morgan fingerprint density at radius 3 is 2.06 bits per heavy atom. The van der Waals surface area contributed by atoms with Crippen molar-refractivity contribution in [2.75, 3.05) is 53.4 Å². The molecule has 1 aliphatic rings. The standard InChI is InChI=1S/C27H38F3N3O/c1-21(2)33-19-17-32(18-20-33)16-13-22-5-11-25(12-6-22)34-26(14-15-31(3)4)23-7-9-24(10-8-23)27(28,29)30/h5-12,21,26H,13-20H2,1-4H3. The third-order valence-corrected chi connectivity index (χ3v) is 6.50. The lowest BCUT2D eigenvalue weighted by molar-refractivity contribution is -0.137. The van der Waals surface area contributed by atoms with Gasteiger partial charge in [0, 0.05) is 51.7 Å². The van der Waals surface area contributed by atoms with E-state index in [9.17, 15) is 13.2 Å². The Morgan fingerprint density at radius 2 is 1.53 bits per heavy atom. The number of piperazine rings is 1. The zero-order valence-corrected chi connectivity index (χ0v) is 20.8. The molecule has 7 heteroatoms. The topological polar surface area (TPSA) is 19.0 Å². The summed E-state index contributed by atoms with van der Waals surface area (Å²) in [6, 6.07) is 14.0. The van der Waals surface area contributed by atoms with Crippen molar-refractivity contribution in [1.29, 1.82) is 0 Å². The molecule has 2 aromatic rings. The summed E-state index contributed by atoms with van der Waals surface area (Å²) in [6.45, 7) is 10.8. The van der Waals surface area contributed by atoms with Gasteiger partial charge in [0.25, 0.3) is 0 Å². The molecule has 0 aromatic heterocycles. The maximum Gasteiger partial charge on any atom is 0.416 e. The second-order valence-corrected chi connectivity index (χ2v) is 9.68. The molecule has 3 rings (SSSR count). The molecule has 1 aliphatic heterocycles. The lowest BCUT2D eigenvalue weighted by Gasteiger charge is -2.36. The number of alkyl halides is 3. The van der Waals surface area contributed by atoms with Gasteiger partial charge in [0.2, 0.25) is 0 Å². The molecule has 4 nitrogen and oxygen atoms in total. The van der Waals surface area contributed by atoms with Crippen LogP contribution in [-0.2, 0) is 12.6 Å². The van der Waals surface area contributed by atoms with E-state index in [1.807, 2.05) is 31.1 Å². The number of nitrogens with zero attached hydrogens (tertiary/aromatic N) is 3. The molecule has 0 saturated carbocycles. The van der Waals surface area contributed by atoms with Gasteiger partial charge in [0.05, 0.1) is 5.56 Å². The fourth-order valence-corrected chi connectivity index (χ4v) is 4.25. The van der Waals surface area contributed by atoms with Crippen LogP contribution in [0.15, 0.2) is 48.5 Å². The van der Waals surface area contributed by atoms with Crippen molar-refractivity contribution in [3.63, 3.8) is 0 Å². The Labute approximate surface area is 202 Å². The highest BCUT2D eigenvalue weighted by atomic mass is 19.4. The van der Waals surface area contributed by atoms with E-state index >= 15 is 0 Å². The molecular weight excluding hydrogens is 439 g/mol. The van der Waals surface area contributed by atoms with Gasteiger partial charge in [0.1, 0.15) is 11.9 Å². The summed E-state index contributed by atoms with van der Waals surface area (Å²) in [5, 5.41) is 0. The number of rotatable bonds is 10. The van der Waals surface area contributed by atoms with E-state index in [1.54, 1.807) is 0 Å². The Balaban J connectivity index is 1.57. The predicted octanol–water partition coefficient (Wildman–Crippen LogP) is 5.35. The van der Waals surface area contributed by atoms with Crippen LogP contribution in [0.5, 0.6) is 5.75 Å². The number of hydrogen-bond acceptors (Lipinski definition) is 4. The first-order valence-corrected chi connectivity index (χ1v) is 12.2. The molecule has 0 spiro atoms. The minimum Gasteiger partial charge on any atom is -0.486 e. The van der Waals surface area contributed by atoms with E-state index in [-0.39, 0.29) is 6.10 Å². The van der Waals surface area contributed by atoms with E-state index in [0.717, 1.165) is 69.1 Å². The second kappa shape index (κ2) is 12.0. The molecule has 1 heterocycles. The quantitative estimate of drug-likeness (QED) is 0.459. The average molecular weight is 478 g/mol. The first-order chi connectivity index (χ1) is 16.1. The summed E-state index contributed by atoms with van der Waals surface area (Å²) in [4.78, 5) is 7.09. The van der Waals surface area contributed by atoms with Gasteiger partial charge < -0.3 is 14.5 Å². The minimum absolute atomic E-state index is 0.312. The van der Waals surface area contributed by atoms with Crippen LogP contribution in [-0.4, -0.2) is 74.1 Å². The van der Waals surface area contributed by atoms with Crippen LogP contribution in [0.25, 0.3) is 0 Å². The van der Waals surface area contributed by atoms with E-state index in [2.05, 4.69) is 35.8 Å². The molecule has 1 saturated heterocycles. The zero-order valence-electron chi connectivity index (χ0n) is 20.8. The Morgan fingerprint density at radius 1 is 0.912 bits per heavy atom. The van der Waals surface area contributed by atoms with Crippen LogP contribution in [0.4, 0.5) is 13.2 Å². The summed E-state index contributed by atoms with van der Waals surface area (Å²) in [5.41, 5.74) is 1.37. The number of halogens is 3. The summed E-state index contributed by atoms with van der Waals surface area (Å²) in [5.74, 6) is 0.734. The van der Waals surface area contributed by atoms with Crippen LogP contribution >= 0.6 is 0 Å². The van der Waals surface area contributed by atoms with Gasteiger partial charge in [-0.3, -0.25) is 4.90 Å². The fraction of sp³-hybridized carbons (Fsp3) is 0.556. The van der Waals surface area contributed by atoms with E-state index < -0.39 is 11.7 Å². The van der Waals surface area contributed by atoms with Gasteiger partial charge in [0.15, 0.2) is 0 Å². The lowest BCUT2D eigenvalue weighted by Crippen LogP contribution is -2.49. The van der Waals surface area contributed by atoms with Gasteiger partial charge in [-0.25, -0.2) is 0 Å². The lowest BCUT2D eigenvalue weighted by atomic mass is 10.0. The predicted molar refractivity (Wildman–Crippen MR) is 131 cm³/mol. The second-order valence-electron chi connectivity index (χ2n) is 9.68. The van der Waals surface area contributed by atoms with Crippen LogP contribution in [0.1, 0.15) is 43.1 Å². The third-order valence-electron chi connectivity index (χ3n) is 6.50. The molecule has 2 aromatic carbocycles. The van der Waals surface area contributed by atoms with Gasteiger partial charge in [-0.1, -0.05) is 24.3 Å². The highest BCUT2D eigenvalue weighted by Crippen LogP contribution is 2.32. The van der Waals surface area contributed by atoms with Gasteiger partial charge >= 0.3 is 6.18 Å². The van der Waals surface area contributed by atoms with Crippen LogP contribution in [0, 0.1) is 0 Å². The van der Waals surface area contributed by atoms with Crippen LogP contribution in [0.3, 0.4) is 0 Å². The van der Waals surface area contributed by atoms with E-state index in [1.165, 1.54) is 17.7 Å². The normalized spacial score (nSPS) is 16.9. The van der Waals surface area contributed by atoms with Crippen LogP contribution in [0.2, 0.25) is 0 Å². The highest BCUT2D eigenvalue weighted by molar-refractivity contribution is 5.30. The third kappa shape index (κ3) is 8.00. The smallest absolute Gasteiger partial charge is 0.416 e. The summed E-state index contributed by atoms with van der Waals surface area (Å²) < 4.78 is 45.1. The Bertz CT molecular complexity index is 858. The van der Waals surface area contributed by atoms with Crippen molar-refractivity contribution < 1.29 is 17.9 Å². The summed E-state index contributed by atoms with van der Waals surface area (Å²) in [7, 11) is 3.95. The summed E-state index contributed by atoms with van der Waals surface area (Å²) in [6.07, 6.45) is -2.98. The largest absolute Gasteiger partial charge is 0.486 e. The molecular formula is C27H38F3N3O. The SMILES string of the molecule is CC(C)N1CCN(CCc2ccc(OC(CCN(C)C)c3ccc(C(F)(F)F)cc3)cc2)CC1. The molecule has 34 heavy (non-hydrogen) atoms. The van der Waals surface area contributed by atoms with Crippen LogP contribution < -0.4 is 4.74 Å². The maximum atomic E-state index is 12.9. The molecule has 0 N–H and O–H groups in total. The average Bonchev–Trinajstić information content (AvgIpc) is 2.81. The first-order valence-electron chi connectivity index (χ1n) is 12.2. The zero-order chi connectivity index (χ0) is 24.7. The monoisotopic (exact) mass is 477 g/mol. The van der Waals surface area contributed by atoms with E-state index in [4.69, 9.17) is 4.74 Å². The maximum absolute atomic E-state index is 12.9. The highest BCUT2D eigenvalue weighted by Gasteiger charge is 2.30. The Kier molecular flexibility index (Phi) is 9.39. The first kappa shape index (κ1) is 26.5. The van der Waals surface area contributed by atoms with E-state index in [0.29, 0.717) is 12.5 Å². The summed E-state index contributed by atoms with van der Waals surface area (Å²) >= 11 is 0. The molecule has 0 bridgehead atoms. The molecule has 0 amide bonds. The van der Waals surface area contributed by atoms with Crippen molar-refractivity contribution in [3.8, 4) is 5.75 Å². The number of benzene rings is 2. The number of ether oxygens (including phenoxy) is 1. The van der Waals surface area contributed by atoms with Crippen molar-refractivity contribution in [2.45, 2.75) is 45.0 Å².